The Balaban J connectivity index is 4.54. The molecule has 0 saturated heterocycles. The molecule has 0 radical (unpaired) electrons. The van der Waals surface area contributed by atoms with Gasteiger partial charge in [0.2, 0.25) is 0 Å². The molecule has 0 bridgehead atoms. The van der Waals surface area contributed by atoms with Crippen molar-refractivity contribution in [3.63, 3.8) is 0 Å². The van der Waals surface area contributed by atoms with E-state index in [1.165, 1.54) is 0 Å². The molecular formula is C6H12N4O2. The van der Waals surface area contributed by atoms with Gasteiger partial charge in [0.05, 0.1) is 12.9 Å². The molecule has 6 nitrogen and oxygen atoms in total. The van der Waals surface area contributed by atoms with Gasteiger partial charge in [0.15, 0.2) is 5.70 Å². The topological polar surface area (TPSA) is 117 Å². The van der Waals surface area contributed by atoms with Crippen LogP contribution in [0.1, 0.15) is 6.92 Å². The first-order valence-corrected chi connectivity index (χ1v) is 3.30. The second-order valence-electron chi connectivity index (χ2n) is 1.80. The maximum atomic E-state index is 11.0. The van der Waals surface area contributed by atoms with Gasteiger partial charge >= 0.3 is 5.97 Å². The van der Waals surface area contributed by atoms with Crippen molar-refractivity contribution in [3.05, 3.63) is 11.5 Å². The van der Waals surface area contributed by atoms with E-state index in [1.54, 1.807) is 6.92 Å². The van der Waals surface area contributed by atoms with Crippen molar-refractivity contribution in [3.8, 4) is 0 Å². The van der Waals surface area contributed by atoms with Crippen LogP contribution < -0.4 is 17.2 Å². The zero-order chi connectivity index (χ0) is 9.56. The second kappa shape index (κ2) is 5.00. The maximum absolute atomic E-state index is 11.0. The fourth-order valence-corrected chi connectivity index (χ4v) is 0.519. The molecule has 0 aliphatic heterocycles. The van der Waals surface area contributed by atoms with Crippen LogP contribution in [0.25, 0.3) is 0 Å². The summed E-state index contributed by atoms with van der Waals surface area (Å²) in [7, 11) is 0. The minimum absolute atomic E-state index is 0.167. The Morgan fingerprint density at radius 3 is 2.50 bits per heavy atom. The van der Waals surface area contributed by atoms with Crippen LogP contribution in [0.2, 0.25) is 0 Å². The molecule has 0 aromatic rings. The smallest absolute Gasteiger partial charge is 0.360 e. The molecule has 0 aromatic carbocycles. The van der Waals surface area contributed by atoms with Crippen molar-refractivity contribution in [1.29, 1.82) is 0 Å². The summed E-state index contributed by atoms with van der Waals surface area (Å²) in [5.41, 5.74) is 15.1. The van der Waals surface area contributed by atoms with E-state index in [9.17, 15) is 4.79 Å². The summed E-state index contributed by atoms with van der Waals surface area (Å²) < 4.78 is 4.59. The summed E-state index contributed by atoms with van der Waals surface area (Å²) in [5.74, 6) is -0.894. The van der Waals surface area contributed by atoms with E-state index >= 15 is 0 Å². The first kappa shape index (κ1) is 10.3. The van der Waals surface area contributed by atoms with Gasteiger partial charge in [-0.15, -0.1) is 0 Å². The summed E-state index contributed by atoms with van der Waals surface area (Å²) in [6, 6.07) is 0. The highest BCUT2D eigenvalue weighted by atomic mass is 16.5. The van der Waals surface area contributed by atoms with Gasteiger partial charge in [0, 0.05) is 0 Å². The van der Waals surface area contributed by atoms with Crippen LogP contribution >= 0.6 is 0 Å². The summed E-state index contributed by atoms with van der Waals surface area (Å²) in [5, 5.41) is 0. The quantitative estimate of drug-likeness (QED) is 0.210. The van der Waals surface area contributed by atoms with Gasteiger partial charge in [-0.2, -0.15) is 0 Å². The van der Waals surface area contributed by atoms with E-state index in [2.05, 4.69) is 9.73 Å². The molecule has 0 aliphatic carbocycles. The van der Waals surface area contributed by atoms with Crippen LogP contribution in [0.3, 0.4) is 0 Å². The molecule has 0 heterocycles. The molecule has 0 aliphatic rings. The highest BCUT2D eigenvalue weighted by molar-refractivity contribution is 5.90. The number of hydrogen-bond acceptors (Lipinski definition) is 5. The molecule has 6 heteroatoms. The Morgan fingerprint density at radius 1 is 1.58 bits per heavy atom. The second-order valence-corrected chi connectivity index (χ2v) is 1.80. The molecule has 0 rings (SSSR count). The maximum Gasteiger partial charge on any atom is 0.360 e. The standard InChI is InChI=1S/C6H12N4O2/c1-2-12-6(11)4(5(8)9)10-3-7/h3H,2,8-9H2,1H3,(H2,7,10). The van der Waals surface area contributed by atoms with Crippen molar-refractivity contribution in [2.45, 2.75) is 6.92 Å². The molecule has 0 amide bonds. The Bertz CT molecular complexity index is 218. The van der Waals surface area contributed by atoms with Gasteiger partial charge in [-0.05, 0) is 6.92 Å². The summed E-state index contributed by atoms with van der Waals surface area (Å²) in [4.78, 5) is 14.4. The third-order valence-electron chi connectivity index (χ3n) is 0.946. The first-order chi connectivity index (χ1) is 5.63. The van der Waals surface area contributed by atoms with Gasteiger partial charge < -0.3 is 21.9 Å². The van der Waals surface area contributed by atoms with Crippen LogP contribution in [0, 0.1) is 0 Å². The molecule has 0 aromatic heterocycles. The highest BCUT2D eigenvalue weighted by Gasteiger charge is 2.11. The third kappa shape index (κ3) is 2.91. The molecule has 6 N–H and O–H groups in total. The largest absolute Gasteiger partial charge is 0.461 e. The molecule has 12 heavy (non-hydrogen) atoms. The number of nitrogens with zero attached hydrogens (tertiary/aromatic N) is 1. The number of ether oxygens (including phenoxy) is 1. The average molecular weight is 172 g/mol. The number of carbonyl (C=O) groups excluding carboxylic acids is 1. The Morgan fingerprint density at radius 2 is 2.17 bits per heavy atom. The van der Waals surface area contributed by atoms with Crippen molar-refractivity contribution in [1.82, 2.24) is 0 Å². The van der Waals surface area contributed by atoms with Crippen molar-refractivity contribution in [2.75, 3.05) is 6.61 Å². The normalized spacial score (nSPS) is 9.75. The Labute approximate surface area is 70.1 Å². The van der Waals surface area contributed by atoms with Crippen LogP contribution in [0.15, 0.2) is 16.5 Å². The minimum Gasteiger partial charge on any atom is -0.461 e. The lowest BCUT2D eigenvalue weighted by Crippen LogP contribution is -2.18. The molecule has 0 spiro atoms. The molecule has 0 saturated carbocycles. The third-order valence-corrected chi connectivity index (χ3v) is 0.946. The zero-order valence-corrected chi connectivity index (χ0v) is 6.78. The van der Waals surface area contributed by atoms with Gasteiger partial charge in [-0.3, -0.25) is 0 Å². The number of hydrogen-bond donors (Lipinski definition) is 3. The summed E-state index contributed by atoms with van der Waals surface area (Å²) >= 11 is 0. The number of carbonyl (C=O) groups is 1. The van der Waals surface area contributed by atoms with E-state index < -0.39 is 5.97 Å². The van der Waals surface area contributed by atoms with Crippen LogP contribution in [-0.4, -0.2) is 18.9 Å². The van der Waals surface area contributed by atoms with Crippen molar-refractivity contribution in [2.24, 2.45) is 22.2 Å². The number of aliphatic imine (C=N–C) groups is 1. The summed E-state index contributed by atoms with van der Waals surface area (Å²) in [6.07, 6.45) is 0.923. The predicted molar refractivity (Wildman–Crippen MR) is 44.7 cm³/mol. The van der Waals surface area contributed by atoms with Gasteiger partial charge in [0.25, 0.3) is 0 Å². The Kier molecular flexibility index (Phi) is 4.28. The Hall–Kier alpha value is -1.72. The number of esters is 1. The van der Waals surface area contributed by atoms with E-state index in [0.717, 1.165) is 6.34 Å². The van der Waals surface area contributed by atoms with Crippen molar-refractivity contribution >= 4 is 12.3 Å². The zero-order valence-electron chi connectivity index (χ0n) is 6.78. The SMILES string of the molecule is CCOC(=O)C(/N=C\N)=C(N)N. The molecule has 0 unspecified atom stereocenters. The first-order valence-electron chi connectivity index (χ1n) is 3.30. The van der Waals surface area contributed by atoms with Gasteiger partial charge in [-0.1, -0.05) is 0 Å². The highest BCUT2D eigenvalue weighted by Crippen LogP contribution is 1.99. The number of nitrogens with two attached hydrogens (primary N) is 3. The number of rotatable bonds is 3. The van der Waals surface area contributed by atoms with Crippen LogP contribution in [0.4, 0.5) is 0 Å². The predicted octanol–water partition coefficient (Wildman–Crippen LogP) is -1.38. The molecular weight excluding hydrogens is 160 g/mol. The molecule has 68 valence electrons. The monoisotopic (exact) mass is 172 g/mol. The van der Waals surface area contributed by atoms with Gasteiger partial charge in [0.1, 0.15) is 5.82 Å². The van der Waals surface area contributed by atoms with E-state index in [4.69, 9.17) is 17.2 Å². The van der Waals surface area contributed by atoms with Crippen molar-refractivity contribution < 1.29 is 9.53 Å². The average Bonchev–Trinajstić information content (AvgIpc) is 1.99. The fraction of sp³-hybridized carbons (Fsp3) is 0.333. The van der Waals surface area contributed by atoms with Crippen LogP contribution in [0.5, 0.6) is 0 Å². The van der Waals surface area contributed by atoms with Gasteiger partial charge in [-0.25, -0.2) is 9.79 Å². The van der Waals surface area contributed by atoms with E-state index in [1.807, 2.05) is 0 Å². The molecule has 0 atom stereocenters. The lowest BCUT2D eigenvalue weighted by atomic mass is 10.4. The van der Waals surface area contributed by atoms with E-state index in [-0.39, 0.29) is 18.1 Å². The fourth-order valence-electron chi connectivity index (χ4n) is 0.519. The minimum atomic E-state index is -0.681. The lowest BCUT2D eigenvalue weighted by molar-refractivity contribution is -0.138. The van der Waals surface area contributed by atoms with Crippen LogP contribution in [-0.2, 0) is 9.53 Å². The molecule has 0 fully saturated rings. The summed E-state index contributed by atoms with van der Waals surface area (Å²) in [6.45, 7) is 1.89. The van der Waals surface area contributed by atoms with E-state index in [0.29, 0.717) is 0 Å². The lowest BCUT2D eigenvalue weighted by Gasteiger charge is -2.02.